The number of hydrogen-bond acceptors (Lipinski definition) is 2. The summed E-state index contributed by atoms with van der Waals surface area (Å²) >= 11 is 3.57. The number of benzene rings is 1. The van der Waals surface area contributed by atoms with Crippen molar-refractivity contribution in [1.82, 2.24) is 0 Å². The van der Waals surface area contributed by atoms with Crippen LogP contribution in [0.2, 0.25) is 0 Å². The Hall–Kier alpha value is -0.540. The molecule has 3 heteroatoms. The SMILES string of the molecule is Cc1cc(NCC(O)CC2CCCC2)cc(C)c1Br. The molecule has 0 amide bonds. The summed E-state index contributed by atoms with van der Waals surface area (Å²) in [6, 6.07) is 4.25. The zero-order valence-corrected chi connectivity index (χ0v) is 13.5. The van der Waals surface area contributed by atoms with Gasteiger partial charge in [0, 0.05) is 16.7 Å². The highest BCUT2D eigenvalue weighted by atomic mass is 79.9. The summed E-state index contributed by atoms with van der Waals surface area (Å²) in [6.07, 6.45) is 6.00. The predicted octanol–water partition coefficient (Wildman–Crippen LogP) is 4.42. The molecule has 19 heavy (non-hydrogen) atoms. The molecule has 2 N–H and O–H groups in total. The van der Waals surface area contributed by atoms with E-state index in [0.29, 0.717) is 6.54 Å². The number of hydrogen-bond donors (Lipinski definition) is 2. The van der Waals surface area contributed by atoms with E-state index < -0.39 is 0 Å². The molecule has 2 nitrogen and oxygen atoms in total. The zero-order chi connectivity index (χ0) is 13.8. The molecule has 1 fully saturated rings. The van der Waals surface area contributed by atoms with E-state index in [4.69, 9.17) is 0 Å². The molecular weight excluding hydrogens is 302 g/mol. The van der Waals surface area contributed by atoms with Crippen molar-refractivity contribution >= 4 is 21.6 Å². The molecule has 1 aliphatic carbocycles. The molecule has 1 aromatic rings. The van der Waals surface area contributed by atoms with Gasteiger partial charge in [-0.25, -0.2) is 0 Å². The lowest BCUT2D eigenvalue weighted by Crippen LogP contribution is -2.22. The normalized spacial score (nSPS) is 17.7. The van der Waals surface area contributed by atoms with Crippen LogP contribution < -0.4 is 5.32 Å². The zero-order valence-electron chi connectivity index (χ0n) is 11.9. The van der Waals surface area contributed by atoms with Crippen LogP contribution in [-0.2, 0) is 0 Å². The van der Waals surface area contributed by atoms with Crippen molar-refractivity contribution in [3.8, 4) is 0 Å². The third-order valence-electron chi connectivity index (χ3n) is 4.06. The third kappa shape index (κ3) is 4.22. The summed E-state index contributed by atoms with van der Waals surface area (Å²) in [5.41, 5.74) is 3.56. The molecule has 0 saturated heterocycles. The monoisotopic (exact) mass is 325 g/mol. The highest BCUT2D eigenvalue weighted by Crippen LogP contribution is 2.29. The summed E-state index contributed by atoms with van der Waals surface area (Å²) in [7, 11) is 0. The second kappa shape index (κ2) is 6.76. The van der Waals surface area contributed by atoms with Gasteiger partial charge in [-0.1, -0.05) is 41.6 Å². The standard InChI is InChI=1S/C16H24BrNO/c1-11-7-14(8-12(2)16(11)17)18-10-15(19)9-13-5-3-4-6-13/h7-8,13,15,18-19H,3-6,9-10H2,1-2H3. The lowest BCUT2D eigenvalue weighted by atomic mass is 10.00. The van der Waals surface area contributed by atoms with Crippen molar-refractivity contribution in [2.45, 2.75) is 52.1 Å². The largest absolute Gasteiger partial charge is 0.391 e. The topological polar surface area (TPSA) is 32.3 Å². The van der Waals surface area contributed by atoms with Crippen LogP contribution in [0.25, 0.3) is 0 Å². The first-order valence-electron chi connectivity index (χ1n) is 7.25. The van der Waals surface area contributed by atoms with E-state index in [2.05, 4.69) is 47.2 Å². The fraction of sp³-hybridized carbons (Fsp3) is 0.625. The lowest BCUT2D eigenvalue weighted by molar-refractivity contribution is 0.155. The number of aryl methyl sites for hydroxylation is 2. The maximum Gasteiger partial charge on any atom is 0.0715 e. The number of aliphatic hydroxyl groups excluding tert-OH is 1. The van der Waals surface area contributed by atoms with Crippen molar-refractivity contribution in [2.75, 3.05) is 11.9 Å². The van der Waals surface area contributed by atoms with Crippen molar-refractivity contribution in [3.05, 3.63) is 27.7 Å². The summed E-state index contributed by atoms with van der Waals surface area (Å²) < 4.78 is 1.17. The first-order chi connectivity index (χ1) is 9.06. The Morgan fingerprint density at radius 3 is 2.42 bits per heavy atom. The highest BCUT2D eigenvalue weighted by molar-refractivity contribution is 9.10. The second-order valence-electron chi connectivity index (χ2n) is 5.84. The van der Waals surface area contributed by atoms with Crippen LogP contribution in [0.4, 0.5) is 5.69 Å². The molecule has 2 rings (SSSR count). The Kier molecular flexibility index (Phi) is 5.28. The van der Waals surface area contributed by atoms with Gasteiger partial charge in [0.25, 0.3) is 0 Å². The van der Waals surface area contributed by atoms with Gasteiger partial charge >= 0.3 is 0 Å². The second-order valence-corrected chi connectivity index (χ2v) is 6.64. The lowest BCUT2D eigenvalue weighted by Gasteiger charge is -2.17. The maximum absolute atomic E-state index is 10.1. The van der Waals surface area contributed by atoms with E-state index in [-0.39, 0.29) is 6.10 Å². The van der Waals surface area contributed by atoms with Crippen molar-refractivity contribution in [2.24, 2.45) is 5.92 Å². The summed E-state index contributed by atoms with van der Waals surface area (Å²) in [4.78, 5) is 0. The van der Waals surface area contributed by atoms with Gasteiger partial charge in [0.15, 0.2) is 0 Å². The van der Waals surface area contributed by atoms with Crippen LogP contribution in [0, 0.1) is 19.8 Å². The van der Waals surface area contributed by atoms with E-state index in [1.54, 1.807) is 0 Å². The highest BCUT2D eigenvalue weighted by Gasteiger charge is 2.18. The third-order valence-corrected chi connectivity index (χ3v) is 5.31. The number of aliphatic hydroxyl groups is 1. The average molecular weight is 326 g/mol. The van der Waals surface area contributed by atoms with Crippen molar-refractivity contribution in [3.63, 3.8) is 0 Å². The minimum atomic E-state index is -0.229. The fourth-order valence-corrected chi connectivity index (χ4v) is 3.23. The molecule has 1 aromatic carbocycles. The molecule has 1 saturated carbocycles. The fourth-order valence-electron chi connectivity index (χ4n) is 3.00. The summed E-state index contributed by atoms with van der Waals surface area (Å²) in [5, 5.41) is 13.4. The average Bonchev–Trinajstić information content (AvgIpc) is 2.86. The Bertz CT molecular complexity index is 404. The molecule has 0 radical (unpaired) electrons. The molecule has 106 valence electrons. The van der Waals surface area contributed by atoms with Gasteiger partial charge in [-0.15, -0.1) is 0 Å². The molecule has 1 aliphatic rings. The van der Waals surface area contributed by atoms with Gasteiger partial charge in [0.05, 0.1) is 6.10 Å². The van der Waals surface area contributed by atoms with Gasteiger partial charge in [0.1, 0.15) is 0 Å². The van der Waals surface area contributed by atoms with Crippen LogP contribution in [0.5, 0.6) is 0 Å². The van der Waals surface area contributed by atoms with Gasteiger partial charge in [-0.05, 0) is 49.4 Å². The number of anilines is 1. The number of nitrogens with one attached hydrogen (secondary N) is 1. The first kappa shape index (κ1) is 14.9. The van der Waals surface area contributed by atoms with Gasteiger partial charge in [0.2, 0.25) is 0 Å². The van der Waals surface area contributed by atoms with Crippen LogP contribution in [0.15, 0.2) is 16.6 Å². The van der Waals surface area contributed by atoms with Crippen molar-refractivity contribution < 1.29 is 5.11 Å². The van der Waals surface area contributed by atoms with E-state index in [9.17, 15) is 5.11 Å². The number of rotatable bonds is 5. The quantitative estimate of drug-likeness (QED) is 0.839. The minimum Gasteiger partial charge on any atom is -0.391 e. The van der Waals surface area contributed by atoms with Crippen molar-refractivity contribution in [1.29, 1.82) is 0 Å². The Balaban J connectivity index is 1.84. The molecule has 1 atom stereocenters. The maximum atomic E-state index is 10.1. The first-order valence-corrected chi connectivity index (χ1v) is 8.04. The van der Waals surface area contributed by atoms with Crippen LogP contribution in [-0.4, -0.2) is 17.8 Å². The molecule has 0 heterocycles. The Morgan fingerprint density at radius 2 is 1.84 bits per heavy atom. The van der Waals surface area contributed by atoms with Crippen LogP contribution in [0.3, 0.4) is 0 Å². The smallest absolute Gasteiger partial charge is 0.0715 e. The molecule has 0 aliphatic heterocycles. The molecular formula is C16H24BrNO. The van der Waals surface area contributed by atoms with E-state index in [0.717, 1.165) is 18.0 Å². The van der Waals surface area contributed by atoms with E-state index in [1.165, 1.54) is 41.3 Å². The molecule has 0 aromatic heterocycles. The molecule has 0 spiro atoms. The molecule has 1 unspecified atom stereocenters. The summed E-state index contributed by atoms with van der Waals surface area (Å²) in [6.45, 7) is 4.84. The van der Waals surface area contributed by atoms with Gasteiger partial charge < -0.3 is 10.4 Å². The van der Waals surface area contributed by atoms with Crippen LogP contribution in [0.1, 0.15) is 43.2 Å². The number of halogens is 1. The Labute approximate surface area is 124 Å². The Morgan fingerprint density at radius 1 is 1.26 bits per heavy atom. The summed E-state index contributed by atoms with van der Waals surface area (Å²) in [5.74, 6) is 0.741. The van der Waals surface area contributed by atoms with Crippen LogP contribution >= 0.6 is 15.9 Å². The molecule has 0 bridgehead atoms. The predicted molar refractivity (Wildman–Crippen MR) is 84.7 cm³/mol. The van der Waals surface area contributed by atoms with Gasteiger partial charge in [-0.2, -0.15) is 0 Å². The minimum absolute atomic E-state index is 0.229. The van der Waals surface area contributed by atoms with E-state index >= 15 is 0 Å². The van der Waals surface area contributed by atoms with Gasteiger partial charge in [-0.3, -0.25) is 0 Å². The van der Waals surface area contributed by atoms with E-state index in [1.807, 2.05) is 0 Å².